The third-order valence-corrected chi connectivity index (χ3v) is 4.56. The minimum atomic E-state index is -0.0500. The third-order valence-electron chi connectivity index (χ3n) is 4.56. The summed E-state index contributed by atoms with van der Waals surface area (Å²) in [6.45, 7) is 4.62. The van der Waals surface area contributed by atoms with E-state index in [-0.39, 0.29) is 11.9 Å². The standard InChI is InChI=1S/C19H30N2O2/c1-3-23-18-13-11-17(12-14-18)21-19(22)15(2)20-16-9-7-5-4-6-8-10-16/h11-16,20H,3-10H2,1-2H3,(H,21,22)/p+1/t15-/m1/s1. The van der Waals surface area contributed by atoms with Gasteiger partial charge in [-0.15, -0.1) is 0 Å². The van der Waals surface area contributed by atoms with Crippen molar-refractivity contribution in [3.63, 3.8) is 0 Å². The molecule has 0 unspecified atom stereocenters. The first-order chi connectivity index (χ1) is 11.2. The van der Waals surface area contributed by atoms with Gasteiger partial charge in [0.15, 0.2) is 6.04 Å². The van der Waals surface area contributed by atoms with Gasteiger partial charge in [0.25, 0.3) is 5.91 Å². The maximum absolute atomic E-state index is 12.4. The molecule has 1 amide bonds. The zero-order chi connectivity index (χ0) is 16.5. The monoisotopic (exact) mass is 319 g/mol. The van der Waals surface area contributed by atoms with E-state index in [4.69, 9.17) is 4.74 Å². The van der Waals surface area contributed by atoms with E-state index in [1.165, 1.54) is 44.9 Å². The molecule has 4 nitrogen and oxygen atoms in total. The number of carbonyl (C=O) groups is 1. The molecular weight excluding hydrogens is 288 g/mol. The second kappa shape index (κ2) is 9.56. The van der Waals surface area contributed by atoms with Crippen LogP contribution in [-0.4, -0.2) is 24.6 Å². The molecule has 1 saturated carbocycles. The average molecular weight is 319 g/mol. The zero-order valence-electron chi connectivity index (χ0n) is 14.5. The van der Waals surface area contributed by atoms with E-state index >= 15 is 0 Å². The lowest BCUT2D eigenvalue weighted by molar-refractivity contribution is -0.707. The second-order valence-electron chi connectivity index (χ2n) is 6.53. The topological polar surface area (TPSA) is 54.9 Å². The smallest absolute Gasteiger partial charge is 0.282 e. The van der Waals surface area contributed by atoms with E-state index in [1.54, 1.807) is 0 Å². The predicted octanol–water partition coefficient (Wildman–Crippen LogP) is 3.09. The van der Waals surface area contributed by atoms with Crippen molar-refractivity contribution in [2.45, 2.75) is 70.9 Å². The van der Waals surface area contributed by atoms with Crippen molar-refractivity contribution in [2.75, 3.05) is 11.9 Å². The van der Waals surface area contributed by atoms with Crippen LogP contribution in [0.5, 0.6) is 5.75 Å². The molecule has 0 heterocycles. The quantitative estimate of drug-likeness (QED) is 0.846. The number of quaternary nitrogens is 1. The van der Waals surface area contributed by atoms with Gasteiger partial charge < -0.3 is 15.4 Å². The molecule has 0 aromatic heterocycles. The lowest BCUT2D eigenvalue weighted by atomic mass is 9.96. The van der Waals surface area contributed by atoms with Crippen LogP contribution in [0.25, 0.3) is 0 Å². The molecule has 0 saturated heterocycles. The van der Waals surface area contributed by atoms with E-state index in [0.717, 1.165) is 11.4 Å². The van der Waals surface area contributed by atoms with Crippen LogP contribution >= 0.6 is 0 Å². The van der Waals surface area contributed by atoms with E-state index in [0.29, 0.717) is 12.6 Å². The van der Waals surface area contributed by atoms with Crippen molar-refractivity contribution in [3.05, 3.63) is 24.3 Å². The van der Waals surface area contributed by atoms with Gasteiger partial charge in [-0.1, -0.05) is 19.3 Å². The minimum absolute atomic E-state index is 0.0500. The van der Waals surface area contributed by atoms with Crippen molar-refractivity contribution in [1.82, 2.24) is 0 Å². The van der Waals surface area contributed by atoms with Crippen LogP contribution in [0.15, 0.2) is 24.3 Å². The molecule has 1 fully saturated rings. The molecule has 0 bridgehead atoms. The van der Waals surface area contributed by atoms with Crippen molar-refractivity contribution in [1.29, 1.82) is 0 Å². The molecule has 0 spiro atoms. The number of hydrogen-bond donors (Lipinski definition) is 2. The van der Waals surface area contributed by atoms with Gasteiger partial charge in [0.05, 0.1) is 12.6 Å². The van der Waals surface area contributed by atoms with Crippen molar-refractivity contribution < 1.29 is 14.8 Å². The summed E-state index contributed by atoms with van der Waals surface area (Å²) in [7, 11) is 0. The first kappa shape index (κ1) is 17.8. The van der Waals surface area contributed by atoms with E-state index < -0.39 is 0 Å². The molecule has 128 valence electrons. The summed E-state index contributed by atoms with van der Waals surface area (Å²) < 4.78 is 5.42. The number of hydrogen-bond acceptors (Lipinski definition) is 2. The molecule has 2 rings (SSSR count). The third kappa shape index (κ3) is 6.22. The van der Waals surface area contributed by atoms with Gasteiger partial charge in [-0.25, -0.2) is 0 Å². The summed E-state index contributed by atoms with van der Waals surface area (Å²) in [4.78, 5) is 12.4. The Bertz CT molecular complexity index is 465. The predicted molar refractivity (Wildman–Crippen MR) is 93.7 cm³/mol. The van der Waals surface area contributed by atoms with Gasteiger partial charge in [-0.2, -0.15) is 0 Å². The summed E-state index contributed by atoms with van der Waals surface area (Å²) in [5, 5.41) is 5.26. The number of nitrogens with two attached hydrogens (primary N) is 1. The lowest BCUT2D eigenvalue weighted by Gasteiger charge is -2.21. The van der Waals surface area contributed by atoms with Gasteiger partial charge in [-0.05, 0) is 63.8 Å². The summed E-state index contributed by atoms with van der Waals surface area (Å²) >= 11 is 0. The van der Waals surface area contributed by atoms with Crippen LogP contribution < -0.4 is 15.4 Å². The van der Waals surface area contributed by atoms with Crippen molar-refractivity contribution in [3.8, 4) is 5.75 Å². The van der Waals surface area contributed by atoms with E-state index in [1.807, 2.05) is 38.1 Å². The summed E-state index contributed by atoms with van der Waals surface area (Å²) in [5.41, 5.74) is 0.830. The fourth-order valence-electron chi connectivity index (χ4n) is 3.23. The summed E-state index contributed by atoms with van der Waals surface area (Å²) in [6.07, 6.45) is 9.14. The number of ether oxygens (including phenoxy) is 1. The summed E-state index contributed by atoms with van der Waals surface area (Å²) in [5.74, 6) is 0.913. The van der Waals surface area contributed by atoms with Crippen molar-refractivity contribution in [2.24, 2.45) is 0 Å². The maximum Gasteiger partial charge on any atom is 0.282 e. The van der Waals surface area contributed by atoms with Gasteiger partial charge in [0, 0.05) is 5.69 Å². The normalized spacial score (nSPS) is 17.8. The summed E-state index contributed by atoms with van der Waals surface area (Å²) in [6, 6.07) is 8.11. The SMILES string of the molecule is CCOc1ccc(NC(=O)[C@@H](C)[NH2+]C2CCCCCCC2)cc1. The first-order valence-corrected chi connectivity index (χ1v) is 9.07. The molecule has 23 heavy (non-hydrogen) atoms. The van der Waals surface area contributed by atoms with Crippen LogP contribution in [0.4, 0.5) is 5.69 Å². The highest BCUT2D eigenvalue weighted by atomic mass is 16.5. The molecular formula is C19H31N2O2+. The number of rotatable bonds is 6. The molecule has 4 heteroatoms. The molecule has 1 aromatic rings. The Morgan fingerprint density at radius 3 is 2.39 bits per heavy atom. The first-order valence-electron chi connectivity index (χ1n) is 9.07. The molecule has 1 atom stereocenters. The minimum Gasteiger partial charge on any atom is -0.494 e. The Labute approximate surface area is 140 Å². The molecule has 0 radical (unpaired) electrons. The van der Waals surface area contributed by atoms with Crippen LogP contribution in [0.2, 0.25) is 0 Å². The van der Waals surface area contributed by atoms with Crippen molar-refractivity contribution >= 4 is 11.6 Å². The highest BCUT2D eigenvalue weighted by Gasteiger charge is 2.22. The zero-order valence-corrected chi connectivity index (χ0v) is 14.5. The highest BCUT2D eigenvalue weighted by Crippen LogP contribution is 2.16. The largest absolute Gasteiger partial charge is 0.494 e. The Balaban J connectivity index is 1.81. The number of anilines is 1. The van der Waals surface area contributed by atoms with Gasteiger partial charge >= 0.3 is 0 Å². The fraction of sp³-hybridized carbons (Fsp3) is 0.632. The number of amides is 1. The lowest BCUT2D eigenvalue weighted by Crippen LogP contribution is -2.96. The molecule has 1 aliphatic rings. The highest BCUT2D eigenvalue weighted by molar-refractivity contribution is 5.93. The van der Waals surface area contributed by atoms with E-state index in [2.05, 4.69) is 10.6 Å². The van der Waals surface area contributed by atoms with Gasteiger partial charge in [-0.3, -0.25) is 4.79 Å². The van der Waals surface area contributed by atoms with Crippen LogP contribution in [-0.2, 0) is 4.79 Å². The molecule has 3 N–H and O–H groups in total. The number of benzene rings is 1. The number of nitrogens with one attached hydrogen (secondary N) is 1. The average Bonchev–Trinajstić information content (AvgIpc) is 2.52. The van der Waals surface area contributed by atoms with Gasteiger partial charge in [0.1, 0.15) is 5.75 Å². The second-order valence-corrected chi connectivity index (χ2v) is 6.53. The Hall–Kier alpha value is -1.55. The Morgan fingerprint density at radius 1 is 1.17 bits per heavy atom. The fourth-order valence-corrected chi connectivity index (χ4v) is 3.23. The molecule has 1 aromatic carbocycles. The van der Waals surface area contributed by atoms with Crippen LogP contribution in [0, 0.1) is 0 Å². The maximum atomic E-state index is 12.4. The molecule has 1 aliphatic carbocycles. The van der Waals surface area contributed by atoms with Crippen LogP contribution in [0.1, 0.15) is 58.8 Å². The Morgan fingerprint density at radius 2 is 1.78 bits per heavy atom. The number of carbonyl (C=O) groups excluding carboxylic acids is 1. The molecule has 0 aliphatic heterocycles. The van der Waals surface area contributed by atoms with Crippen LogP contribution in [0.3, 0.4) is 0 Å². The Kier molecular flexibility index (Phi) is 7.40. The van der Waals surface area contributed by atoms with E-state index in [9.17, 15) is 4.79 Å². The van der Waals surface area contributed by atoms with Gasteiger partial charge in [0.2, 0.25) is 0 Å².